The minimum absolute atomic E-state index is 0.146. The standard InChI is InChI=1S/C18H18N4O2S/c23-17(24-12-16-21-14-6-1-2-7-15(14)25-16)13-5-3-10-22(11-13)18-19-8-4-9-20-18/h1-2,4,6-9,13H,3,5,10-12H2. The van der Waals surface area contributed by atoms with Crippen LogP contribution in [0.1, 0.15) is 17.8 Å². The van der Waals surface area contributed by atoms with Crippen LogP contribution in [0.4, 0.5) is 5.95 Å². The van der Waals surface area contributed by atoms with E-state index < -0.39 is 0 Å². The summed E-state index contributed by atoms with van der Waals surface area (Å²) < 4.78 is 6.63. The van der Waals surface area contributed by atoms with Gasteiger partial charge in [-0.05, 0) is 31.0 Å². The van der Waals surface area contributed by atoms with Crippen molar-refractivity contribution in [2.45, 2.75) is 19.4 Å². The second kappa shape index (κ2) is 7.14. The summed E-state index contributed by atoms with van der Waals surface area (Å²) in [5.74, 6) is 0.359. The Morgan fingerprint density at radius 2 is 2.08 bits per heavy atom. The maximum absolute atomic E-state index is 12.5. The van der Waals surface area contributed by atoms with Crippen LogP contribution in [-0.2, 0) is 16.1 Å². The Kier molecular flexibility index (Phi) is 4.56. The van der Waals surface area contributed by atoms with E-state index in [0.717, 1.165) is 34.6 Å². The van der Waals surface area contributed by atoms with Crippen LogP contribution in [0.15, 0.2) is 42.7 Å². The number of ether oxygens (including phenoxy) is 1. The highest BCUT2D eigenvalue weighted by Crippen LogP contribution is 2.24. The van der Waals surface area contributed by atoms with Gasteiger partial charge in [-0.15, -0.1) is 11.3 Å². The Balaban J connectivity index is 1.37. The minimum Gasteiger partial charge on any atom is -0.458 e. The van der Waals surface area contributed by atoms with Crippen LogP contribution in [0, 0.1) is 5.92 Å². The fourth-order valence-corrected chi connectivity index (χ4v) is 3.92. The molecule has 0 spiro atoms. The summed E-state index contributed by atoms with van der Waals surface area (Å²) in [6, 6.07) is 9.73. The van der Waals surface area contributed by atoms with Gasteiger partial charge < -0.3 is 9.64 Å². The first-order valence-electron chi connectivity index (χ1n) is 8.32. The molecule has 4 rings (SSSR count). The summed E-state index contributed by atoms with van der Waals surface area (Å²) in [5.41, 5.74) is 0.948. The van der Waals surface area contributed by atoms with Crippen molar-refractivity contribution in [3.05, 3.63) is 47.7 Å². The van der Waals surface area contributed by atoms with Gasteiger partial charge in [0.2, 0.25) is 5.95 Å². The quantitative estimate of drug-likeness (QED) is 0.671. The van der Waals surface area contributed by atoms with Crippen LogP contribution < -0.4 is 4.90 Å². The topological polar surface area (TPSA) is 68.2 Å². The molecule has 7 heteroatoms. The highest BCUT2D eigenvalue weighted by Gasteiger charge is 2.28. The number of para-hydroxylation sites is 1. The van der Waals surface area contributed by atoms with Crippen LogP contribution in [0.5, 0.6) is 0 Å². The molecule has 1 aliphatic heterocycles. The molecule has 0 aliphatic carbocycles. The third-order valence-corrected chi connectivity index (χ3v) is 5.28. The van der Waals surface area contributed by atoms with Crippen LogP contribution in [0.2, 0.25) is 0 Å². The number of carbonyl (C=O) groups excluding carboxylic acids is 1. The summed E-state index contributed by atoms with van der Waals surface area (Å²) in [7, 11) is 0. The molecular weight excluding hydrogens is 336 g/mol. The Hall–Kier alpha value is -2.54. The van der Waals surface area contributed by atoms with Crippen molar-refractivity contribution in [2.24, 2.45) is 5.92 Å². The molecule has 3 aromatic rings. The van der Waals surface area contributed by atoms with Crippen LogP contribution >= 0.6 is 11.3 Å². The lowest BCUT2D eigenvalue weighted by molar-refractivity contribution is -0.150. The first-order valence-corrected chi connectivity index (χ1v) is 9.14. The first-order chi connectivity index (χ1) is 12.3. The number of benzene rings is 1. The summed E-state index contributed by atoms with van der Waals surface area (Å²) in [4.78, 5) is 27.5. The molecule has 1 aliphatic rings. The maximum Gasteiger partial charge on any atom is 0.311 e. The second-order valence-electron chi connectivity index (χ2n) is 6.02. The third-order valence-electron chi connectivity index (χ3n) is 4.27. The van der Waals surface area contributed by atoms with Gasteiger partial charge in [0.15, 0.2) is 0 Å². The van der Waals surface area contributed by atoms with Gasteiger partial charge in [0.1, 0.15) is 11.6 Å². The molecule has 1 atom stereocenters. The fraction of sp³-hybridized carbons (Fsp3) is 0.333. The van der Waals surface area contributed by atoms with Crippen LogP contribution in [0.25, 0.3) is 10.2 Å². The van der Waals surface area contributed by atoms with Gasteiger partial charge >= 0.3 is 5.97 Å². The minimum atomic E-state index is -0.167. The number of thiazole rings is 1. The molecule has 6 nitrogen and oxygen atoms in total. The average molecular weight is 354 g/mol. The largest absolute Gasteiger partial charge is 0.458 e. The molecule has 0 saturated carbocycles. The van der Waals surface area contributed by atoms with Crippen LogP contribution in [0.3, 0.4) is 0 Å². The molecule has 1 saturated heterocycles. The van der Waals surface area contributed by atoms with Crippen molar-refractivity contribution in [2.75, 3.05) is 18.0 Å². The zero-order chi connectivity index (χ0) is 17.1. The number of carbonyl (C=O) groups is 1. The second-order valence-corrected chi connectivity index (χ2v) is 7.13. The van der Waals surface area contributed by atoms with E-state index in [1.165, 1.54) is 0 Å². The van der Waals surface area contributed by atoms with E-state index in [1.807, 2.05) is 29.2 Å². The number of hydrogen-bond donors (Lipinski definition) is 0. The van der Waals surface area contributed by atoms with Crippen molar-refractivity contribution < 1.29 is 9.53 Å². The molecule has 1 unspecified atom stereocenters. The molecule has 1 aromatic carbocycles. The number of aromatic nitrogens is 3. The summed E-state index contributed by atoms with van der Waals surface area (Å²) in [6.45, 7) is 1.70. The molecule has 1 fully saturated rings. The van der Waals surface area contributed by atoms with Gasteiger partial charge in [0.05, 0.1) is 16.1 Å². The zero-order valence-corrected chi connectivity index (χ0v) is 14.5. The molecule has 0 N–H and O–H groups in total. The predicted molar refractivity (Wildman–Crippen MR) is 96.4 cm³/mol. The fourth-order valence-electron chi connectivity index (χ4n) is 3.04. The number of fused-ring (bicyclic) bond motifs is 1. The Bertz CT molecular complexity index is 835. The van der Waals surface area contributed by atoms with Gasteiger partial charge in [-0.25, -0.2) is 15.0 Å². The van der Waals surface area contributed by atoms with Gasteiger partial charge in [-0.1, -0.05) is 12.1 Å². The first kappa shape index (κ1) is 16.0. The number of esters is 1. The summed E-state index contributed by atoms with van der Waals surface area (Å²) in [5, 5.41) is 0.827. The maximum atomic E-state index is 12.5. The molecule has 0 amide bonds. The van der Waals surface area contributed by atoms with E-state index in [1.54, 1.807) is 29.8 Å². The number of nitrogens with zero attached hydrogens (tertiary/aromatic N) is 4. The van der Waals surface area contributed by atoms with Crippen molar-refractivity contribution in [3.63, 3.8) is 0 Å². The average Bonchev–Trinajstić information content (AvgIpc) is 3.10. The Morgan fingerprint density at radius 3 is 2.92 bits per heavy atom. The molecule has 3 heterocycles. The number of piperidine rings is 1. The van der Waals surface area contributed by atoms with E-state index in [2.05, 4.69) is 15.0 Å². The highest BCUT2D eigenvalue weighted by atomic mass is 32.1. The van der Waals surface area contributed by atoms with Crippen LogP contribution in [-0.4, -0.2) is 34.0 Å². The molecule has 2 aromatic heterocycles. The SMILES string of the molecule is O=C(OCc1nc2ccccc2s1)C1CCCN(c2ncccn2)C1. The monoisotopic (exact) mass is 354 g/mol. The van der Waals surface area contributed by atoms with E-state index in [-0.39, 0.29) is 18.5 Å². The summed E-state index contributed by atoms with van der Waals surface area (Å²) in [6.07, 6.45) is 5.20. The van der Waals surface area contributed by atoms with Gasteiger partial charge in [0.25, 0.3) is 0 Å². The number of anilines is 1. The third kappa shape index (κ3) is 3.61. The van der Waals surface area contributed by atoms with E-state index in [9.17, 15) is 4.79 Å². The van der Waals surface area contributed by atoms with Gasteiger partial charge in [-0.3, -0.25) is 4.79 Å². The molecule has 128 valence electrons. The number of rotatable bonds is 4. The lowest BCUT2D eigenvalue weighted by Crippen LogP contribution is -2.40. The molecule has 25 heavy (non-hydrogen) atoms. The summed E-state index contributed by atoms with van der Waals surface area (Å²) >= 11 is 1.56. The molecule has 0 bridgehead atoms. The lowest BCUT2D eigenvalue weighted by atomic mass is 9.98. The molecule has 0 radical (unpaired) electrons. The van der Waals surface area contributed by atoms with E-state index in [0.29, 0.717) is 12.5 Å². The van der Waals surface area contributed by atoms with Crippen molar-refractivity contribution in [1.82, 2.24) is 15.0 Å². The Labute approximate surface area is 149 Å². The van der Waals surface area contributed by atoms with E-state index in [4.69, 9.17) is 4.74 Å². The van der Waals surface area contributed by atoms with Crippen molar-refractivity contribution in [1.29, 1.82) is 0 Å². The van der Waals surface area contributed by atoms with Crippen molar-refractivity contribution in [3.8, 4) is 0 Å². The normalized spacial score (nSPS) is 17.6. The van der Waals surface area contributed by atoms with Crippen molar-refractivity contribution >= 4 is 33.5 Å². The predicted octanol–water partition coefficient (Wildman–Crippen LogP) is 3.05. The molecular formula is C18H18N4O2S. The highest BCUT2D eigenvalue weighted by molar-refractivity contribution is 7.18. The van der Waals surface area contributed by atoms with E-state index >= 15 is 0 Å². The number of hydrogen-bond acceptors (Lipinski definition) is 7. The zero-order valence-electron chi connectivity index (χ0n) is 13.7. The Morgan fingerprint density at radius 1 is 1.24 bits per heavy atom. The van der Waals surface area contributed by atoms with Gasteiger partial charge in [-0.2, -0.15) is 0 Å². The lowest BCUT2D eigenvalue weighted by Gasteiger charge is -2.31. The smallest absolute Gasteiger partial charge is 0.311 e. The van der Waals surface area contributed by atoms with Gasteiger partial charge in [0, 0.05) is 25.5 Å².